The van der Waals surface area contributed by atoms with Gasteiger partial charge in [0.2, 0.25) is 5.75 Å². The molecule has 5 aromatic carbocycles. The third-order valence-corrected chi connectivity index (χ3v) is 16.6. The van der Waals surface area contributed by atoms with E-state index in [0.717, 1.165) is 53.2 Å². The Labute approximate surface area is 554 Å². The zero-order chi connectivity index (χ0) is 64.4. The van der Waals surface area contributed by atoms with Crippen molar-refractivity contribution in [3.05, 3.63) is 131 Å². The maximum Gasteiger partial charge on any atom is 0.338 e. The van der Waals surface area contributed by atoms with Crippen LogP contribution in [-0.4, -0.2) is 78.6 Å². The fourth-order valence-electron chi connectivity index (χ4n) is 11.0. The van der Waals surface area contributed by atoms with Gasteiger partial charge in [0.05, 0.1) is 65.0 Å². The molecule has 0 spiro atoms. The van der Waals surface area contributed by atoms with Crippen LogP contribution in [-0.2, 0) is 45.4 Å². The highest BCUT2D eigenvalue weighted by atomic mass is 16.6. The van der Waals surface area contributed by atoms with Gasteiger partial charge in [-0.25, -0.2) is 4.79 Å². The molecule has 13 nitrogen and oxygen atoms in total. The number of carbonyl (C=O) groups excluding carboxylic acids is 1. The van der Waals surface area contributed by atoms with Gasteiger partial charge in [0.15, 0.2) is 23.0 Å². The monoisotopic (exact) mass is 1270 g/mol. The molecule has 0 aromatic heterocycles. The molecular formula is C79H116O13. The number of hydrogen-bond acceptors (Lipinski definition) is 13. The first-order valence-corrected chi connectivity index (χ1v) is 36.0. The molecule has 0 amide bonds. The van der Waals surface area contributed by atoms with Crippen molar-refractivity contribution in [1.29, 1.82) is 0 Å². The molecule has 0 fully saturated rings. The van der Waals surface area contributed by atoms with Gasteiger partial charge in [-0.3, -0.25) is 0 Å². The first kappa shape index (κ1) is 74.9. The lowest BCUT2D eigenvalue weighted by molar-refractivity contribution is 0.00708. The Morgan fingerprint density at radius 2 is 0.630 bits per heavy atom. The van der Waals surface area contributed by atoms with Crippen LogP contribution in [0.5, 0.6) is 46.0 Å². The van der Waals surface area contributed by atoms with Crippen LogP contribution in [0.25, 0.3) is 0 Å². The minimum atomic E-state index is -0.575. The predicted octanol–water partition coefficient (Wildman–Crippen LogP) is 20.5. The second kappa shape index (κ2) is 49.4. The van der Waals surface area contributed by atoms with E-state index in [9.17, 15) is 4.79 Å². The first-order valence-electron chi connectivity index (χ1n) is 36.0. The maximum atomic E-state index is 14.4. The Hall–Kier alpha value is -6.15. The van der Waals surface area contributed by atoms with Crippen LogP contribution in [0.1, 0.15) is 246 Å². The summed E-state index contributed by atoms with van der Waals surface area (Å²) in [6.07, 6.45) is 38.3. The molecule has 1 aliphatic rings. The van der Waals surface area contributed by atoms with Crippen molar-refractivity contribution >= 4 is 5.97 Å². The largest absolute Gasteiger partial charge is 0.494 e. The van der Waals surface area contributed by atoms with Gasteiger partial charge in [0.25, 0.3) is 0 Å². The molecule has 0 unspecified atom stereocenters. The van der Waals surface area contributed by atoms with E-state index in [1.165, 1.54) is 173 Å². The van der Waals surface area contributed by atoms with E-state index in [-0.39, 0.29) is 32.0 Å². The topological polar surface area (TPSA) is 128 Å². The van der Waals surface area contributed by atoms with E-state index in [1.807, 2.05) is 91.0 Å². The summed E-state index contributed by atoms with van der Waals surface area (Å²) in [5.74, 6) is 3.96. The Morgan fingerprint density at radius 3 is 1.00 bits per heavy atom. The van der Waals surface area contributed by atoms with Gasteiger partial charge < -0.3 is 56.8 Å². The van der Waals surface area contributed by atoms with E-state index >= 15 is 0 Å². The molecule has 0 N–H and O–H groups in total. The molecule has 92 heavy (non-hydrogen) atoms. The predicted molar refractivity (Wildman–Crippen MR) is 370 cm³/mol. The number of fused-ring (bicyclic) bond motifs is 1. The van der Waals surface area contributed by atoms with Crippen molar-refractivity contribution in [1.82, 2.24) is 0 Å². The lowest BCUT2D eigenvalue weighted by Crippen LogP contribution is -2.13. The normalized spacial score (nSPS) is 13.0. The van der Waals surface area contributed by atoms with Gasteiger partial charge in [-0.05, 0) is 102 Å². The van der Waals surface area contributed by atoms with Gasteiger partial charge in [-0.2, -0.15) is 0 Å². The van der Waals surface area contributed by atoms with Crippen LogP contribution in [0, 0.1) is 0 Å². The number of esters is 1. The SMILES string of the molecule is CCCCCCCCCCCCOc1ccc(COc2cc(C(=O)OCc3ccc4c(c3)OCCOCCOCCOCCO4)cc(OCc3ccc(OCCCCCCCCCCCC)cc3)c2OCc2ccc(OCCCCCCCCCCCC)cc2)cc1. The standard InChI is InChI=1S/C79H116O13/c1-4-7-10-13-16-19-22-25-28-31-48-84-71-41-34-66(35-42-71)62-89-76-60-70(79(80)92-65-69-40-47-74-75(59-69)88-58-56-83-54-52-81-51-53-82-55-57-87-74)61-77(90-63-67-36-43-72(44-37-67)85-49-32-29-26-23-20-17-14-11-8-5-2)78(76)91-64-68-38-45-73(46-39-68)86-50-33-30-27-24-21-18-15-12-9-6-3/h34-47,59-61H,4-33,48-58,62-65H2,1-3H3. The molecule has 1 aliphatic heterocycles. The first-order chi connectivity index (χ1) is 45.5. The number of rotatable bonds is 48. The summed E-state index contributed by atoms with van der Waals surface area (Å²) in [5, 5.41) is 0. The lowest BCUT2D eigenvalue weighted by atomic mass is 10.1. The number of benzene rings is 5. The molecule has 1 heterocycles. The summed E-state index contributed by atoms with van der Waals surface area (Å²) in [6, 6.07) is 32.9. The second-order valence-electron chi connectivity index (χ2n) is 24.6. The van der Waals surface area contributed by atoms with Crippen molar-refractivity contribution in [2.45, 2.75) is 240 Å². The Morgan fingerprint density at radius 1 is 0.315 bits per heavy atom. The third-order valence-electron chi connectivity index (χ3n) is 16.6. The molecule has 6 rings (SSSR count). The molecule has 13 heteroatoms. The van der Waals surface area contributed by atoms with Crippen LogP contribution in [0.3, 0.4) is 0 Å². The van der Waals surface area contributed by atoms with E-state index in [2.05, 4.69) is 20.8 Å². The summed E-state index contributed by atoms with van der Waals surface area (Å²) in [4.78, 5) is 14.4. The summed E-state index contributed by atoms with van der Waals surface area (Å²) in [6.45, 7) is 12.6. The van der Waals surface area contributed by atoms with Crippen molar-refractivity contribution in [3.63, 3.8) is 0 Å². The smallest absolute Gasteiger partial charge is 0.338 e. The van der Waals surface area contributed by atoms with E-state index in [0.29, 0.717) is 107 Å². The molecule has 0 bridgehead atoms. The molecule has 5 aromatic rings. The summed E-state index contributed by atoms with van der Waals surface area (Å²) < 4.78 is 73.9. The van der Waals surface area contributed by atoms with E-state index in [4.69, 9.17) is 56.8 Å². The molecule has 0 radical (unpaired) electrons. The highest BCUT2D eigenvalue weighted by Crippen LogP contribution is 2.41. The van der Waals surface area contributed by atoms with Crippen LogP contribution < -0.4 is 37.9 Å². The van der Waals surface area contributed by atoms with Crippen molar-refractivity contribution < 1.29 is 61.6 Å². The minimum Gasteiger partial charge on any atom is -0.494 e. The fourth-order valence-corrected chi connectivity index (χ4v) is 11.0. The van der Waals surface area contributed by atoms with Crippen molar-refractivity contribution in [2.75, 3.05) is 72.7 Å². The van der Waals surface area contributed by atoms with Gasteiger partial charge >= 0.3 is 5.97 Å². The number of hydrogen-bond donors (Lipinski definition) is 0. The van der Waals surface area contributed by atoms with Crippen molar-refractivity contribution in [3.8, 4) is 46.0 Å². The molecular weight excluding hydrogens is 1160 g/mol. The maximum absolute atomic E-state index is 14.4. The van der Waals surface area contributed by atoms with Crippen molar-refractivity contribution in [2.24, 2.45) is 0 Å². The number of unbranched alkanes of at least 4 members (excludes halogenated alkanes) is 27. The van der Waals surface area contributed by atoms with Gasteiger partial charge in [-0.15, -0.1) is 0 Å². The van der Waals surface area contributed by atoms with E-state index < -0.39 is 5.97 Å². The van der Waals surface area contributed by atoms with Gasteiger partial charge in [-0.1, -0.05) is 237 Å². The Bertz CT molecular complexity index is 2530. The zero-order valence-corrected chi connectivity index (χ0v) is 56.9. The lowest BCUT2D eigenvalue weighted by Gasteiger charge is -2.19. The summed E-state index contributed by atoms with van der Waals surface area (Å²) >= 11 is 0. The highest BCUT2D eigenvalue weighted by molar-refractivity contribution is 5.91. The molecule has 0 saturated carbocycles. The van der Waals surface area contributed by atoms with Crippen LogP contribution in [0.15, 0.2) is 103 Å². The fraction of sp³-hybridized carbons (Fsp3) is 0.608. The number of ether oxygens (including phenoxy) is 12. The summed E-state index contributed by atoms with van der Waals surface area (Å²) in [7, 11) is 0. The third kappa shape index (κ3) is 33.1. The number of carbonyl (C=O) groups is 1. The van der Waals surface area contributed by atoms with Gasteiger partial charge in [0.1, 0.15) is 56.9 Å². The quantitative estimate of drug-likeness (QED) is 0.0271. The molecule has 0 atom stereocenters. The minimum absolute atomic E-state index is 0.0444. The van der Waals surface area contributed by atoms with Crippen LogP contribution >= 0.6 is 0 Å². The van der Waals surface area contributed by atoms with Crippen LogP contribution in [0.4, 0.5) is 0 Å². The summed E-state index contributed by atoms with van der Waals surface area (Å²) in [5.41, 5.74) is 3.70. The average molecular weight is 1270 g/mol. The molecule has 0 saturated heterocycles. The van der Waals surface area contributed by atoms with Crippen LogP contribution in [0.2, 0.25) is 0 Å². The molecule has 0 aliphatic carbocycles. The van der Waals surface area contributed by atoms with E-state index in [1.54, 1.807) is 12.1 Å². The Balaban J connectivity index is 1.16. The highest BCUT2D eigenvalue weighted by Gasteiger charge is 2.22. The van der Waals surface area contributed by atoms with Gasteiger partial charge in [0, 0.05) is 0 Å². The average Bonchev–Trinajstić information content (AvgIpc) is 1.44. The second-order valence-corrected chi connectivity index (χ2v) is 24.6. The molecule has 510 valence electrons. The zero-order valence-electron chi connectivity index (χ0n) is 56.9. The Kier molecular flexibility index (Phi) is 40.2.